The van der Waals surface area contributed by atoms with Crippen molar-refractivity contribution in [2.24, 2.45) is 5.73 Å². The van der Waals surface area contributed by atoms with Crippen LogP contribution in [0.4, 0.5) is 0 Å². The van der Waals surface area contributed by atoms with Gasteiger partial charge in [-0.25, -0.2) is 0 Å². The van der Waals surface area contributed by atoms with Crippen molar-refractivity contribution in [3.05, 3.63) is 23.8 Å². The molecule has 2 aliphatic rings. The molecule has 18 heavy (non-hydrogen) atoms. The van der Waals surface area contributed by atoms with Crippen LogP contribution in [0.3, 0.4) is 0 Å². The quantitative estimate of drug-likeness (QED) is 0.873. The van der Waals surface area contributed by atoms with Crippen LogP contribution in [-0.2, 0) is 0 Å². The van der Waals surface area contributed by atoms with Crippen molar-refractivity contribution in [3.8, 4) is 11.5 Å². The van der Waals surface area contributed by atoms with E-state index >= 15 is 0 Å². The fraction of sp³-hybridized carbons (Fsp3) is 0.600. The Morgan fingerprint density at radius 2 is 2.17 bits per heavy atom. The van der Waals surface area contributed by atoms with Gasteiger partial charge in [0.2, 0.25) is 0 Å². The highest BCUT2D eigenvalue weighted by Gasteiger charge is 2.42. The predicted molar refractivity (Wildman–Crippen MR) is 71.0 cm³/mol. The van der Waals surface area contributed by atoms with Crippen molar-refractivity contribution >= 4 is 0 Å². The topological polar surface area (TPSA) is 44.5 Å². The first-order valence-electron chi connectivity index (χ1n) is 6.94. The first-order valence-corrected chi connectivity index (χ1v) is 6.94. The highest BCUT2D eigenvalue weighted by Crippen LogP contribution is 2.46. The number of rotatable bonds is 2. The molecule has 1 aliphatic heterocycles. The molecule has 1 aromatic carbocycles. The van der Waals surface area contributed by atoms with Crippen LogP contribution in [0.2, 0.25) is 0 Å². The van der Waals surface area contributed by atoms with Gasteiger partial charge in [0.05, 0.1) is 6.61 Å². The molecule has 1 aliphatic carbocycles. The number of benzene rings is 1. The minimum absolute atomic E-state index is 0.0134. The Bertz CT molecular complexity index is 438. The van der Waals surface area contributed by atoms with Crippen molar-refractivity contribution < 1.29 is 9.47 Å². The molecule has 1 heterocycles. The van der Waals surface area contributed by atoms with Crippen LogP contribution >= 0.6 is 0 Å². The number of hydrogen-bond acceptors (Lipinski definition) is 3. The summed E-state index contributed by atoms with van der Waals surface area (Å²) >= 11 is 0. The first kappa shape index (κ1) is 11.8. The van der Waals surface area contributed by atoms with E-state index in [9.17, 15) is 0 Å². The van der Waals surface area contributed by atoms with Gasteiger partial charge in [-0.3, -0.25) is 0 Å². The minimum atomic E-state index is 0.0134. The molecule has 0 aromatic heterocycles. The van der Waals surface area contributed by atoms with Gasteiger partial charge in [0.15, 0.2) is 0 Å². The molecule has 0 amide bonds. The van der Waals surface area contributed by atoms with E-state index in [1.54, 1.807) is 0 Å². The smallest absolute Gasteiger partial charge is 0.125 e. The molecule has 1 aromatic rings. The zero-order chi connectivity index (χ0) is 12.6. The van der Waals surface area contributed by atoms with Gasteiger partial charge >= 0.3 is 0 Å². The average molecular weight is 247 g/mol. The molecule has 98 valence electrons. The summed E-state index contributed by atoms with van der Waals surface area (Å²) in [5.41, 5.74) is 7.44. The Morgan fingerprint density at radius 1 is 1.39 bits per heavy atom. The van der Waals surface area contributed by atoms with Gasteiger partial charge in [-0.2, -0.15) is 0 Å². The van der Waals surface area contributed by atoms with Crippen LogP contribution in [0.5, 0.6) is 11.5 Å². The van der Waals surface area contributed by atoms with E-state index < -0.39 is 0 Å². The highest BCUT2D eigenvalue weighted by atomic mass is 16.5. The van der Waals surface area contributed by atoms with E-state index in [1.807, 2.05) is 25.1 Å². The van der Waals surface area contributed by atoms with Crippen molar-refractivity contribution in [3.63, 3.8) is 0 Å². The normalized spacial score (nSPS) is 24.7. The second-order valence-corrected chi connectivity index (χ2v) is 5.44. The lowest BCUT2D eigenvalue weighted by Crippen LogP contribution is -2.40. The molecule has 0 radical (unpaired) electrons. The largest absolute Gasteiger partial charge is 0.494 e. The van der Waals surface area contributed by atoms with Crippen LogP contribution in [0, 0.1) is 0 Å². The molecule has 2 N–H and O–H groups in total. The SMILES string of the molecule is CCOc1ccc2c(c1)C(N)CC1(CCCC1)O2. The summed E-state index contributed by atoms with van der Waals surface area (Å²) in [5.74, 6) is 1.84. The molecular formula is C15H21NO2. The first-order chi connectivity index (χ1) is 8.72. The molecule has 3 heteroatoms. The minimum Gasteiger partial charge on any atom is -0.494 e. The maximum absolute atomic E-state index is 6.33. The third kappa shape index (κ3) is 1.97. The molecule has 0 bridgehead atoms. The third-order valence-electron chi connectivity index (χ3n) is 4.12. The van der Waals surface area contributed by atoms with Gasteiger partial charge in [-0.15, -0.1) is 0 Å². The molecular weight excluding hydrogens is 226 g/mol. The van der Waals surface area contributed by atoms with Gasteiger partial charge in [-0.1, -0.05) is 0 Å². The summed E-state index contributed by atoms with van der Waals surface area (Å²) in [6, 6.07) is 6.10. The number of hydrogen-bond donors (Lipinski definition) is 1. The summed E-state index contributed by atoms with van der Waals surface area (Å²) in [7, 11) is 0. The van der Waals surface area contributed by atoms with Crippen LogP contribution in [0.1, 0.15) is 50.6 Å². The summed E-state index contributed by atoms with van der Waals surface area (Å²) in [4.78, 5) is 0. The van der Waals surface area contributed by atoms with E-state index in [2.05, 4.69) is 0 Å². The molecule has 1 atom stereocenters. The van der Waals surface area contributed by atoms with E-state index in [4.69, 9.17) is 15.2 Å². The highest BCUT2D eigenvalue weighted by molar-refractivity contribution is 5.44. The van der Waals surface area contributed by atoms with Gasteiger partial charge in [0.1, 0.15) is 17.1 Å². The fourth-order valence-corrected chi connectivity index (χ4v) is 3.28. The maximum Gasteiger partial charge on any atom is 0.125 e. The molecule has 0 saturated heterocycles. The van der Waals surface area contributed by atoms with Crippen LogP contribution < -0.4 is 15.2 Å². The van der Waals surface area contributed by atoms with E-state index in [-0.39, 0.29) is 11.6 Å². The third-order valence-corrected chi connectivity index (χ3v) is 4.12. The predicted octanol–water partition coefficient (Wildman–Crippen LogP) is 3.18. The Labute approximate surface area is 108 Å². The molecule has 3 rings (SSSR count). The Morgan fingerprint density at radius 3 is 2.89 bits per heavy atom. The Kier molecular flexibility index (Phi) is 2.94. The van der Waals surface area contributed by atoms with E-state index in [0.717, 1.165) is 36.3 Å². The molecule has 1 saturated carbocycles. The molecule has 3 nitrogen and oxygen atoms in total. The van der Waals surface area contributed by atoms with E-state index in [0.29, 0.717) is 6.61 Å². The van der Waals surface area contributed by atoms with Gasteiger partial charge < -0.3 is 15.2 Å². The number of fused-ring (bicyclic) bond motifs is 1. The van der Waals surface area contributed by atoms with Crippen molar-refractivity contribution in [2.45, 2.75) is 50.7 Å². The monoisotopic (exact) mass is 247 g/mol. The van der Waals surface area contributed by atoms with Crippen molar-refractivity contribution in [1.82, 2.24) is 0 Å². The van der Waals surface area contributed by atoms with Crippen LogP contribution in [0.25, 0.3) is 0 Å². The summed E-state index contributed by atoms with van der Waals surface area (Å²) in [5, 5.41) is 0. The lowest BCUT2D eigenvalue weighted by molar-refractivity contribution is 0.0424. The van der Waals surface area contributed by atoms with E-state index in [1.165, 1.54) is 12.8 Å². The molecule has 1 unspecified atom stereocenters. The average Bonchev–Trinajstić information content (AvgIpc) is 2.78. The molecule has 1 spiro atoms. The lowest BCUT2D eigenvalue weighted by atomic mass is 9.86. The summed E-state index contributed by atoms with van der Waals surface area (Å²) in [6.45, 7) is 2.67. The zero-order valence-electron chi connectivity index (χ0n) is 10.9. The summed E-state index contributed by atoms with van der Waals surface area (Å²) in [6.07, 6.45) is 5.76. The van der Waals surface area contributed by atoms with Crippen molar-refractivity contribution in [1.29, 1.82) is 0 Å². The summed E-state index contributed by atoms with van der Waals surface area (Å²) < 4.78 is 11.8. The fourth-order valence-electron chi connectivity index (χ4n) is 3.28. The Hall–Kier alpha value is -1.22. The van der Waals surface area contributed by atoms with Gasteiger partial charge in [-0.05, 0) is 50.8 Å². The Balaban J connectivity index is 1.90. The van der Waals surface area contributed by atoms with Crippen LogP contribution in [-0.4, -0.2) is 12.2 Å². The standard InChI is InChI=1S/C15H21NO2/c1-2-17-11-5-6-14-12(9-11)13(16)10-15(18-14)7-3-4-8-15/h5-6,9,13H,2-4,7-8,10,16H2,1H3. The number of ether oxygens (including phenoxy) is 2. The lowest BCUT2D eigenvalue weighted by Gasteiger charge is -2.38. The zero-order valence-corrected chi connectivity index (χ0v) is 10.9. The molecule has 1 fully saturated rings. The van der Waals surface area contributed by atoms with Gasteiger partial charge in [0, 0.05) is 18.0 Å². The second-order valence-electron chi connectivity index (χ2n) is 5.44. The maximum atomic E-state index is 6.33. The second kappa shape index (κ2) is 4.47. The van der Waals surface area contributed by atoms with Gasteiger partial charge in [0.25, 0.3) is 0 Å². The van der Waals surface area contributed by atoms with Crippen molar-refractivity contribution in [2.75, 3.05) is 6.61 Å². The number of nitrogens with two attached hydrogens (primary N) is 1. The van der Waals surface area contributed by atoms with Crippen LogP contribution in [0.15, 0.2) is 18.2 Å².